The molecule has 0 amide bonds. The number of β-amino-alcohol motifs (C(OH)–C–C–N with tert-alkyl or cyclic N) is 1. The minimum Gasteiger partial charge on any atom is -0.392 e. The Hall–Kier alpha value is -1.12. The van der Waals surface area contributed by atoms with Gasteiger partial charge in [0.2, 0.25) is 10.0 Å². The summed E-state index contributed by atoms with van der Waals surface area (Å²) in [5.41, 5.74) is -0.930. The molecule has 0 bridgehead atoms. The molecule has 0 aromatic heterocycles. The average Bonchev–Trinajstić information content (AvgIpc) is 3.21. The van der Waals surface area contributed by atoms with Gasteiger partial charge < -0.3 is 5.11 Å². The van der Waals surface area contributed by atoms with Gasteiger partial charge in [0.1, 0.15) is 0 Å². The van der Waals surface area contributed by atoms with E-state index in [0.717, 1.165) is 10.4 Å². The largest absolute Gasteiger partial charge is 0.416 e. The smallest absolute Gasteiger partial charge is 0.392 e. The number of hydrogen-bond acceptors (Lipinski definition) is 3. The van der Waals surface area contributed by atoms with Gasteiger partial charge in [-0.1, -0.05) is 18.2 Å². The molecule has 1 saturated carbocycles. The highest BCUT2D eigenvalue weighted by Gasteiger charge is 2.48. The molecule has 3 rings (SSSR count). The molecule has 1 aromatic carbocycles. The van der Waals surface area contributed by atoms with Crippen LogP contribution in [0.5, 0.6) is 0 Å². The van der Waals surface area contributed by atoms with Gasteiger partial charge in [0.05, 0.1) is 23.0 Å². The number of aliphatic hydroxyl groups is 1. The van der Waals surface area contributed by atoms with Gasteiger partial charge in [-0.3, -0.25) is 0 Å². The third-order valence-electron chi connectivity index (χ3n) is 4.13. The summed E-state index contributed by atoms with van der Waals surface area (Å²) >= 11 is 0. The Bertz CT molecular complexity index is 670. The lowest BCUT2D eigenvalue weighted by molar-refractivity contribution is -0.138. The van der Waals surface area contributed by atoms with Crippen LogP contribution in [0.2, 0.25) is 0 Å². The van der Waals surface area contributed by atoms with Crippen LogP contribution in [-0.2, 0) is 16.2 Å². The predicted octanol–water partition coefficient (Wildman–Crippen LogP) is 2.31. The number of aliphatic hydroxyl groups excluding tert-OH is 1. The molecule has 1 N–H and O–H groups in total. The van der Waals surface area contributed by atoms with E-state index in [1.807, 2.05) is 0 Å². The maximum Gasteiger partial charge on any atom is 0.416 e. The van der Waals surface area contributed by atoms with Crippen LogP contribution in [0, 0.1) is 0 Å². The number of benzene rings is 1. The van der Waals surface area contributed by atoms with E-state index in [-0.39, 0.29) is 18.5 Å². The zero-order chi connectivity index (χ0) is 16.1. The molecule has 4 nitrogen and oxygen atoms in total. The van der Waals surface area contributed by atoms with Crippen LogP contribution in [0.3, 0.4) is 0 Å². The van der Waals surface area contributed by atoms with Crippen molar-refractivity contribution < 1.29 is 26.7 Å². The second-order valence-electron chi connectivity index (χ2n) is 5.80. The normalized spacial score (nSPS) is 27.3. The molecule has 1 aromatic rings. The van der Waals surface area contributed by atoms with Crippen molar-refractivity contribution in [3.8, 4) is 0 Å². The van der Waals surface area contributed by atoms with Gasteiger partial charge in [-0.15, -0.1) is 0 Å². The summed E-state index contributed by atoms with van der Waals surface area (Å²) in [5.74, 6) is 0. The quantitative estimate of drug-likeness (QED) is 0.922. The van der Waals surface area contributed by atoms with E-state index in [1.165, 1.54) is 18.2 Å². The molecule has 1 aliphatic heterocycles. The van der Waals surface area contributed by atoms with Crippen molar-refractivity contribution in [2.75, 3.05) is 6.54 Å². The molecule has 8 heteroatoms. The monoisotopic (exact) mass is 335 g/mol. The zero-order valence-corrected chi connectivity index (χ0v) is 12.4. The summed E-state index contributed by atoms with van der Waals surface area (Å²) < 4.78 is 65.4. The van der Waals surface area contributed by atoms with Gasteiger partial charge in [0, 0.05) is 6.54 Å². The Morgan fingerprint density at radius 2 is 1.82 bits per heavy atom. The number of halogens is 3. The Labute approximate surface area is 126 Å². The summed E-state index contributed by atoms with van der Waals surface area (Å²) in [6, 6.07) is 4.01. The summed E-state index contributed by atoms with van der Waals surface area (Å²) in [6.45, 7) is -0.143. The molecule has 0 spiro atoms. The molecular formula is C14H16F3NO3S. The molecule has 1 saturated heterocycles. The topological polar surface area (TPSA) is 57.6 Å². The van der Waals surface area contributed by atoms with Gasteiger partial charge in [0.15, 0.2) is 0 Å². The minimum absolute atomic E-state index is 0.0148. The second-order valence-corrected chi connectivity index (χ2v) is 7.97. The summed E-state index contributed by atoms with van der Waals surface area (Å²) in [4.78, 5) is 0. The maximum atomic E-state index is 13.2. The maximum absolute atomic E-state index is 13.2. The average molecular weight is 335 g/mol. The van der Waals surface area contributed by atoms with Gasteiger partial charge in [-0.25, -0.2) is 8.42 Å². The SMILES string of the molecule is O=S(=O)(C1CC1)N1C[C@@H](O)C[C@@H]1c1ccccc1C(F)(F)F. The molecular weight excluding hydrogens is 319 g/mol. The van der Waals surface area contributed by atoms with Crippen LogP contribution in [0.15, 0.2) is 24.3 Å². The van der Waals surface area contributed by atoms with E-state index in [0.29, 0.717) is 12.8 Å². The number of rotatable bonds is 3. The van der Waals surface area contributed by atoms with Gasteiger partial charge in [-0.05, 0) is 30.9 Å². The minimum atomic E-state index is -4.56. The molecule has 2 atom stereocenters. The van der Waals surface area contributed by atoms with Crippen LogP contribution in [0.25, 0.3) is 0 Å². The van der Waals surface area contributed by atoms with E-state index >= 15 is 0 Å². The Kier molecular flexibility index (Phi) is 3.73. The lowest BCUT2D eigenvalue weighted by Gasteiger charge is -2.26. The van der Waals surface area contributed by atoms with Crippen LogP contribution >= 0.6 is 0 Å². The first kappa shape index (κ1) is 15.8. The number of alkyl halides is 3. The summed E-state index contributed by atoms with van der Waals surface area (Å²) in [6.07, 6.45) is -4.46. The molecule has 1 aliphatic carbocycles. The molecule has 2 aliphatic rings. The first-order chi connectivity index (χ1) is 10.2. The summed E-state index contributed by atoms with van der Waals surface area (Å²) in [7, 11) is -3.65. The van der Waals surface area contributed by atoms with E-state index < -0.39 is 39.2 Å². The number of nitrogens with zero attached hydrogens (tertiary/aromatic N) is 1. The third-order valence-corrected chi connectivity index (χ3v) is 6.50. The third kappa shape index (κ3) is 2.75. The van der Waals surface area contributed by atoms with Crippen molar-refractivity contribution in [1.29, 1.82) is 0 Å². The van der Waals surface area contributed by atoms with Crippen molar-refractivity contribution in [3.05, 3.63) is 35.4 Å². The molecule has 0 radical (unpaired) electrons. The fourth-order valence-electron chi connectivity index (χ4n) is 2.95. The number of hydrogen-bond donors (Lipinski definition) is 1. The van der Waals surface area contributed by atoms with Crippen LogP contribution < -0.4 is 0 Å². The first-order valence-electron chi connectivity index (χ1n) is 7.06. The highest BCUT2D eigenvalue weighted by molar-refractivity contribution is 7.90. The molecule has 0 unspecified atom stereocenters. The second kappa shape index (κ2) is 5.21. The highest BCUT2D eigenvalue weighted by Crippen LogP contribution is 2.44. The van der Waals surface area contributed by atoms with E-state index in [4.69, 9.17) is 0 Å². The molecule has 2 fully saturated rings. The fraction of sp³-hybridized carbons (Fsp3) is 0.571. The Balaban J connectivity index is 2.03. The van der Waals surface area contributed by atoms with Gasteiger partial charge in [0.25, 0.3) is 0 Å². The van der Waals surface area contributed by atoms with Crippen LogP contribution in [-0.4, -0.2) is 35.7 Å². The number of sulfonamides is 1. The lowest BCUT2D eigenvalue weighted by Crippen LogP contribution is -2.35. The Morgan fingerprint density at radius 1 is 1.18 bits per heavy atom. The van der Waals surface area contributed by atoms with Crippen molar-refractivity contribution in [2.24, 2.45) is 0 Å². The first-order valence-corrected chi connectivity index (χ1v) is 8.56. The molecule has 122 valence electrons. The lowest BCUT2D eigenvalue weighted by atomic mass is 9.98. The van der Waals surface area contributed by atoms with Gasteiger partial charge >= 0.3 is 6.18 Å². The Morgan fingerprint density at radius 3 is 2.41 bits per heavy atom. The van der Waals surface area contributed by atoms with Crippen molar-refractivity contribution in [2.45, 2.75) is 42.8 Å². The summed E-state index contributed by atoms with van der Waals surface area (Å²) in [5, 5.41) is 9.29. The standard InChI is InChI=1S/C14H16F3NO3S/c15-14(16,17)12-4-2-1-3-11(12)13-7-9(19)8-18(13)22(20,21)10-5-6-10/h1-4,9-10,13,19H,5-8H2/t9-,13+/m0/s1. The van der Waals surface area contributed by atoms with Crippen molar-refractivity contribution in [1.82, 2.24) is 4.31 Å². The molecule has 22 heavy (non-hydrogen) atoms. The van der Waals surface area contributed by atoms with Crippen molar-refractivity contribution in [3.63, 3.8) is 0 Å². The van der Waals surface area contributed by atoms with Crippen LogP contribution in [0.4, 0.5) is 13.2 Å². The predicted molar refractivity (Wildman–Crippen MR) is 73.5 cm³/mol. The van der Waals surface area contributed by atoms with E-state index in [2.05, 4.69) is 0 Å². The highest BCUT2D eigenvalue weighted by atomic mass is 32.2. The molecule has 1 heterocycles. The fourth-order valence-corrected chi connectivity index (χ4v) is 5.00. The van der Waals surface area contributed by atoms with E-state index in [9.17, 15) is 26.7 Å². The van der Waals surface area contributed by atoms with Gasteiger partial charge in [-0.2, -0.15) is 17.5 Å². The van der Waals surface area contributed by atoms with Crippen LogP contribution in [0.1, 0.15) is 36.4 Å². The van der Waals surface area contributed by atoms with Crippen molar-refractivity contribution >= 4 is 10.0 Å². The zero-order valence-electron chi connectivity index (χ0n) is 11.6. The van der Waals surface area contributed by atoms with E-state index in [1.54, 1.807) is 0 Å².